The van der Waals surface area contributed by atoms with Gasteiger partial charge in [0.1, 0.15) is 6.04 Å². The van der Waals surface area contributed by atoms with E-state index in [2.05, 4.69) is 10.2 Å². The Hall–Kier alpha value is -2.18. The van der Waals surface area contributed by atoms with Crippen LogP contribution < -0.4 is 4.90 Å². The molecule has 7 nitrogen and oxygen atoms in total. The Morgan fingerprint density at radius 1 is 1.21 bits per heavy atom. The second-order valence-corrected chi connectivity index (χ2v) is 6.80. The molecule has 0 spiro atoms. The molecule has 0 radical (unpaired) electrons. The van der Waals surface area contributed by atoms with Gasteiger partial charge >= 0.3 is 0 Å². The zero-order chi connectivity index (χ0) is 17.3. The van der Waals surface area contributed by atoms with Gasteiger partial charge in [-0.25, -0.2) is 0 Å². The summed E-state index contributed by atoms with van der Waals surface area (Å²) in [6, 6.07) is 1.70. The Morgan fingerprint density at radius 2 is 2.00 bits per heavy atom. The van der Waals surface area contributed by atoms with E-state index >= 15 is 0 Å². The van der Waals surface area contributed by atoms with Crippen molar-refractivity contribution in [3.63, 3.8) is 0 Å². The highest BCUT2D eigenvalue weighted by Crippen LogP contribution is 2.24. The molecule has 1 aromatic rings. The molecule has 3 heterocycles. The highest BCUT2D eigenvalue weighted by atomic mass is 16.2. The minimum Gasteiger partial charge on any atom is -0.361 e. The minimum atomic E-state index is -0.305. The molecule has 0 bridgehead atoms. The maximum Gasteiger partial charge on any atom is 0.245 e. The van der Waals surface area contributed by atoms with E-state index in [4.69, 9.17) is 0 Å². The zero-order valence-corrected chi connectivity index (χ0v) is 14.7. The predicted molar refractivity (Wildman–Crippen MR) is 90.5 cm³/mol. The first kappa shape index (κ1) is 16.7. The van der Waals surface area contributed by atoms with Crippen LogP contribution in [0.4, 0.5) is 5.82 Å². The average Bonchev–Trinajstić information content (AvgIpc) is 2.60. The van der Waals surface area contributed by atoms with E-state index in [9.17, 15) is 9.59 Å². The molecule has 24 heavy (non-hydrogen) atoms. The quantitative estimate of drug-likeness (QED) is 0.803. The van der Waals surface area contributed by atoms with E-state index in [0.29, 0.717) is 26.1 Å². The lowest BCUT2D eigenvalue weighted by atomic mass is 9.99. The Labute approximate surface area is 142 Å². The van der Waals surface area contributed by atoms with Gasteiger partial charge < -0.3 is 14.7 Å². The lowest BCUT2D eigenvalue weighted by Gasteiger charge is -2.38. The molecular weight excluding hydrogens is 306 g/mol. The summed E-state index contributed by atoms with van der Waals surface area (Å²) in [5.74, 6) is 0.857. The number of aromatic nitrogens is 2. The summed E-state index contributed by atoms with van der Waals surface area (Å²) >= 11 is 0. The summed E-state index contributed by atoms with van der Waals surface area (Å²) < 4.78 is 0. The Kier molecular flexibility index (Phi) is 4.69. The number of anilines is 1. The fourth-order valence-electron chi connectivity index (χ4n) is 3.50. The van der Waals surface area contributed by atoms with Crippen molar-refractivity contribution in [1.82, 2.24) is 20.0 Å². The molecule has 0 N–H and O–H groups in total. The highest BCUT2D eigenvalue weighted by molar-refractivity contribution is 5.87. The molecule has 0 saturated carbocycles. The number of amides is 2. The van der Waals surface area contributed by atoms with E-state index in [-0.39, 0.29) is 17.9 Å². The van der Waals surface area contributed by atoms with Gasteiger partial charge in [-0.1, -0.05) is 0 Å². The summed E-state index contributed by atoms with van der Waals surface area (Å²) in [7, 11) is 3.85. The van der Waals surface area contributed by atoms with Crippen LogP contribution in [0.2, 0.25) is 0 Å². The van der Waals surface area contributed by atoms with Crippen LogP contribution in [-0.2, 0) is 22.6 Å². The van der Waals surface area contributed by atoms with Crippen LogP contribution >= 0.6 is 0 Å². The van der Waals surface area contributed by atoms with E-state index in [1.165, 1.54) is 0 Å². The first-order chi connectivity index (χ1) is 11.5. The number of fused-ring (bicyclic) bond motifs is 1. The number of likely N-dealkylation sites (tertiary alicyclic amines) is 1. The summed E-state index contributed by atoms with van der Waals surface area (Å²) in [4.78, 5) is 30.3. The van der Waals surface area contributed by atoms with E-state index < -0.39 is 0 Å². The van der Waals surface area contributed by atoms with Crippen LogP contribution in [0, 0.1) is 0 Å². The Morgan fingerprint density at radius 3 is 2.71 bits per heavy atom. The third-order valence-electron chi connectivity index (χ3n) is 4.89. The number of hydrogen-bond acceptors (Lipinski definition) is 5. The fraction of sp³-hybridized carbons (Fsp3) is 0.647. The standard InChI is InChI=1S/C17H25N5O2/c1-12(23)22-8-5-4-6-15(22)17(24)21-9-7-14-13(11-21)10-16(19-18-14)20(2)3/h10,15H,4-9,11H2,1-3H3. The van der Waals surface area contributed by atoms with Crippen molar-refractivity contribution >= 4 is 17.6 Å². The van der Waals surface area contributed by atoms with Crippen LogP contribution in [0.15, 0.2) is 6.07 Å². The third-order valence-corrected chi connectivity index (χ3v) is 4.89. The largest absolute Gasteiger partial charge is 0.361 e. The van der Waals surface area contributed by atoms with Gasteiger partial charge in [0, 0.05) is 47.1 Å². The number of rotatable bonds is 2. The van der Waals surface area contributed by atoms with Crippen LogP contribution in [0.3, 0.4) is 0 Å². The van der Waals surface area contributed by atoms with E-state index in [1.807, 2.05) is 30.0 Å². The topological polar surface area (TPSA) is 69.6 Å². The van der Waals surface area contributed by atoms with E-state index in [1.54, 1.807) is 11.8 Å². The maximum atomic E-state index is 13.0. The smallest absolute Gasteiger partial charge is 0.245 e. The maximum absolute atomic E-state index is 13.0. The van der Waals surface area contributed by atoms with Crippen molar-refractivity contribution in [2.45, 2.75) is 45.2 Å². The molecule has 2 aliphatic rings. The first-order valence-electron chi connectivity index (χ1n) is 8.56. The Balaban J connectivity index is 1.77. The molecule has 130 valence electrons. The zero-order valence-electron chi connectivity index (χ0n) is 14.7. The molecule has 3 rings (SSSR count). The number of nitrogens with zero attached hydrogens (tertiary/aromatic N) is 5. The molecular formula is C17H25N5O2. The number of piperidine rings is 1. The van der Waals surface area contributed by atoms with Crippen molar-refractivity contribution in [3.8, 4) is 0 Å². The number of carbonyl (C=O) groups is 2. The third kappa shape index (κ3) is 3.20. The van der Waals surface area contributed by atoms with Crippen LogP contribution in [0.1, 0.15) is 37.4 Å². The van der Waals surface area contributed by atoms with Crippen molar-refractivity contribution in [2.24, 2.45) is 0 Å². The fourth-order valence-corrected chi connectivity index (χ4v) is 3.50. The molecule has 1 saturated heterocycles. The molecule has 2 amide bonds. The molecule has 1 unspecified atom stereocenters. The predicted octanol–water partition coefficient (Wildman–Crippen LogP) is 0.828. The van der Waals surface area contributed by atoms with E-state index in [0.717, 1.165) is 36.3 Å². The molecule has 2 aliphatic heterocycles. The molecule has 0 aliphatic carbocycles. The molecule has 0 aromatic carbocycles. The van der Waals surface area contributed by atoms with Crippen LogP contribution in [0.25, 0.3) is 0 Å². The molecule has 1 atom stereocenters. The van der Waals surface area contributed by atoms with Gasteiger partial charge in [0.25, 0.3) is 0 Å². The van der Waals surface area contributed by atoms with Gasteiger partial charge in [0.2, 0.25) is 11.8 Å². The second kappa shape index (κ2) is 6.75. The molecule has 1 fully saturated rings. The SMILES string of the molecule is CC(=O)N1CCCCC1C(=O)N1CCc2nnc(N(C)C)cc2C1. The van der Waals surface area contributed by atoms with Gasteiger partial charge in [0.15, 0.2) is 5.82 Å². The van der Waals surface area contributed by atoms with Crippen molar-refractivity contribution in [2.75, 3.05) is 32.1 Å². The van der Waals surface area contributed by atoms with Gasteiger partial charge in [-0.3, -0.25) is 9.59 Å². The highest BCUT2D eigenvalue weighted by Gasteiger charge is 2.34. The second-order valence-electron chi connectivity index (χ2n) is 6.80. The monoisotopic (exact) mass is 331 g/mol. The molecule has 7 heteroatoms. The van der Waals surface area contributed by atoms with Gasteiger partial charge in [0.05, 0.1) is 5.69 Å². The molecule has 1 aromatic heterocycles. The normalized spacial score (nSPS) is 20.5. The average molecular weight is 331 g/mol. The Bertz CT molecular complexity index is 646. The van der Waals surface area contributed by atoms with Gasteiger partial charge in [-0.05, 0) is 30.9 Å². The summed E-state index contributed by atoms with van der Waals surface area (Å²) in [6.07, 6.45) is 3.46. The van der Waals surface area contributed by atoms with Crippen molar-refractivity contribution < 1.29 is 9.59 Å². The van der Waals surface area contributed by atoms with Gasteiger partial charge in [-0.2, -0.15) is 5.10 Å². The minimum absolute atomic E-state index is 0.00813. The van der Waals surface area contributed by atoms with Crippen molar-refractivity contribution in [1.29, 1.82) is 0 Å². The lowest BCUT2D eigenvalue weighted by molar-refractivity contribution is -0.147. The first-order valence-corrected chi connectivity index (χ1v) is 8.56. The van der Waals surface area contributed by atoms with Crippen LogP contribution in [0.5, 0.6) is 0 Å². The lowest BCUT2D eigenvalue weighted by Crippen LogP contribution is -2.53. The summed E-state index contributed by atoms with van der Waals surface area (Å²) in [6.45, 7) is 3.43. The summed E-state index contributed by atoms with van der Waals surface area (Å²) in [5.41, 5.74) is 2.02. The van der Waals surface area contributed by atoms with Gasteiger partial charge in [-0.15, -0.1) is 5.10 Å². The number of hydrogen-bond donors (Lipinski definition) is 0. The van der Waals surface area contributed by atoms with Crippen LogP contribution in [-0.4, -0.2) is 65.0 Å². The number of carbonyl (C=O) groups excluding carboxylic acids is 2. The summed E-state index contributed by atoms with van der Waals surface area (Å²) in [5, 5.41) is 8.50. The van der Waals surface area contributed by atoms with Crippen molar-refractivity contribution in [3.05, 3.63) is 17.3 Å².